The topological polar surface area (TPSA) is 125 Å². The first kappa shape index (κ1) is 30.4. The lowest BCUT2D eigenvalue weighted by molar-refractivity contribution is -0.136. The molecule has 2 aliphatic heterocycles. The molecule has 0 spiro atoms. The van der Waals surface area contributed by atoms with Crippen molar-refractivity contribution in [1.29, 1.82) is 0 Å². The van der Waals surface area contributed by atoms with Gasteiger partial charge in [-0.1, -0.05) is 26.0 Å². The monoisotopic (exact) mass is 590 g/mol. The van der Waals surface area contributed by atoms with Crippen LogP contribution >= 0.6 is 0 Å². The first-order valence-corrected chi connectivity index (χ1v) is 15.1. The summed E-state index contributed by atoms with van der Waals surface area (Å²) in [5.41, 5.74) is 4.99. The van der Waals surface area contributed by atoms with Crippen molar-refractivity contribution in [3.63, 3.8) is 0 Å². The van der Waals surface area contributed by atoms with Crippen LogP contribution in [0.25, 0.3) is 0 Å². The van der Waals surface area contributed by atoms with E-state index < -0.39 is 35.5 Å². The van der Waals surface area contributed by atoms with E-state index in [0.717, 1.165) is 42.2 Å². The quantitative estimate of drug-likeness (QED) is 0.389. The first-order chi connectivity index (χ1) is 20.4. The number of piperidine rings is 1. The van der Waals surface area contributed by atoms with E-state index >= 15 is 0 Å². The summed E-state index contributed by atoms with van der Waals surface area (Å²) in [6.45, 7) is 9.55. The molecule has 1 saturated carbocycles. The molecule has 1 saturated heterocycles. The van der Waals surface area contributed by atoms with Gasteiger partial charge in [0.25, 0.3) is 11.8 Å². The Kier molecular flexibility index (Phi) is 8.66. The van der Waals surface area contributed by atoms with Gasteiger partial charge >= 0.3 is 0 Å². The summed E-state index contributed by atoms with van der Waals surface area (Å²) in [5, 5.41) is 8.36. The number of fused-ring (bicyclic) bond motifs is 1. The molecule has 9 nitrogen and oxygen atoms in total. The zero-order valence-electron chi connectivity index (χ0n) is 25.1. The maximum atomic E-state index is 15.0. The number of hydrogen-bond acceptors (Lipinski definition) is 6. The summed E-state index contributed by atoms with van der Waals surface area (Å²) in [6, 6.07) is 5.58. The van der Waals surface area contributed by atoms with Crippen molar-refractivity contribution in [2.24, 2.45) is 11.8 Å². The number of carbonyl (C=O) groups excluding carboxylic acids is 5. The van der Waals surface area contributed by atoms with Crippen molar-refractivity contribution in [3.05, 3.63) is 63.5 Å². The van der Waals surface area contributed by atoms with Crippen LogP contribution in [0.1, 0.15) is 101 Å². The molecule has 0 aromatic heterocycles. The summed E-state index contributed by atoms with van der Waals surface area (Å²) in [5.74, 6) is -2.61. The van der Waals surface area contributed by atoms with Crippen LogP contribution in [0.3, 0.4) is 0 Å². The Morgan fingerprint density at radius 1 is 0.977 bits per heavy atom. The molecule has 228 valence electrons. The summed E-state index contributed by atoms with van der Waals surface area (Å²) < 4.78 is 15.0. The molecule has 1 atom stereocenters. The van der Waals surface area contributed by atoms with Gasteiger partial charge in [0.1, 0.15) is 11.9 Å². The van der Waals surface area contributed by atoms with Crippen LogP contribution in [0.2, 0.25) is 0 Å². The van der Waals surface area contributed by atoms with E-state index in [1.54, 1.807) is 0 Å². The van der Waals surface area contributed by atoms with Crippen molar-refractivity contribution in [2.75, 3.05) is 11.9 Å². The van der Waals surface area contributed by atoms with Gasteiger partial charge < -0.3 is 10.6 Å². The van der Waals surface area contributed by atoms with E-state index in [0.29, 0.717) is 19.0 Å². The second-order valence-corrected chi connectivity index (χ2v) is 12.4. The highest BCUT2D eigenvalue weighted by Gasteiger charge is 2.45. The van der Waals surface area contributed by atoms with Crippen LogP contribution in [0, 0.1) is 31.5 Å². The molecule has 5 amide bonds. The third kappa shape index (κ3) is 6.19. The molecular formula is C33H39FN4O5. The standard InChI is InChI=1S/C33H39FN4O5/c1-17(2)23-12-21(11-18(3)19(23)4)16-36-30(40)22-7-5-20(6-8-22)15-35-27-14-25-24(13-26(27)34)32(42)38(33(25)43)28-9-10-29(39)37-31(28)41/h11-14,17,20,22,28,35H,5-10,15-16H2,1-4H3,(H,36,40)(H,37,39,41). The zero-order chi connectivity index (χ0) is 31.0. The molecule has 3 aliphatic rings. The SMILES string of the molecule is Cc1cc(CNC(=O)C2CCC(CNc3cc4c(cc3F)C(=O)N(C3CCC(=O)NC3=O)C4=O)CC2)cc(C(C)C)c1C. The van der Waals surface area contributed by atoms with Crippen LogP contribution in [0.4, 0.5) is 10.1 Å². The number of anilines is 1. The molecular weight excluding hydrogens is 551 g/mol. The number of rotatable bonds is 8. The average Bonchev–Trinajstić information content (AvgIpc) is 3.20. The first-order valence-electron chi connectivity index (χ1n) is 15.1. The van der Waals surface area contributed by atoms with Gasteiger partial charge in [-0.2, -0.15) is 0 Å². The lowest BCUT2D eigenvalue weighted by Crippen LogP contribution is -2.54. The maximum absolute atomic E-state index is 15.0. The number of amides is 5. The predicted molar refractivity (Wildman–Crippen MR) is 159 cm³/mol. The Hall–Kier alpha value is -4.08. The molecule has 43 heavy (non-hydrogen) atoms. The van der Waals surface area contributed by atoms with Gasteiger partial charge in [-0.05, 0) is 92.2 Å². The number of imide groups is 2. The number of nitrogens with zero attached hydrogens (tertiary/aromatic N) is 1. The van der Waals surface area contributed by atoms with Gasteiger partial charge in [0.15, 0.2) is 0 Å². The van der Waals surface area contributed by atoms with E-state index in [-0.39, 0.29) is 47.4 Å². The largest absolute Gasteiger partial charge is 0.382 e. The Bertz CT molecular complexity index is 1490. The van der Waals surface area contributed by atoms with E-state index in [9.17, 15) is 28.4 Å². The highest BCUT2D eigenvalue weighted by Crippen LogP contribution is 2.33. The molecule has 1 unspecified atom stereocenters. The minimum absolute atomic E-state index is 0.0144. The van der Waals surface area contributed by atoms with E-state index in [2.05, 4.69) is 55.8 Å². The van der Waals surface area contributed by atoms with Crippen molar-refractivity contribution < 1.29 is 28.4 Å². The fraction of sp³-hybridized carbons (Fsp3) is 0.485. The Morgan fingerprint density at radius 3 is 2.30 bits per heavy atom. The fourth-order valence-electron chi connectivity index (χ4n) is 6.51. The number of halogens is 1. The highest BCUT2D eigenvalue weighted by molar-refractivity contribution is 6.23. The molecule has 2 aromatic rings. The molecule has 2 aromatic carbocycles. The van der Waals surface area contributed by atoms with Gasteiger partial charge in [-0.3, -0.25) is 34.2 Å². The second-order valence-electron chi connectivity index (χ2n) is 12.4. The molecule has 0 radical (unpaired) electrons. The van der Waals surface area contributed by atoms with E-state index in [1.165, 1.54) is 22.8 Å². The van der Waals surface area contributed by atoms with Crippen LogP contribution in [0.15, 0.2) is 24.3 Å². The highest BCUT2D eigenvalue weighted by atomic mass is 19.1. The van der Waals surface area contributed by atoms with Crippen molar-refractivity contribution in [2.45, 2.75) is 84.7 Å². The van der Waals surface area contributed by atoms with E-state index in [4.69, 9.17) is 0 Å². The summed E-state index contributed by atoms with van der Waals surface area (Å²) in [6.07, 6.45) is 3.14. The third-order valence-electron chi connectivity index (χ3n) is 9.18. The number of carbonyl (C=O) groups is 5. The minimum atomic E-state index is -1.10. The van der Waals surface area contributed by atoms with Crippen molar-refractivity contribution in [3.8, 4) is 0 Å². The van der Waals surface area contributed by atoms with Gasteiger partial charge in [-0.15, -0.1) is 0 Å². The molecule has 2 heterocycles. The van der Waals surface area contributed by atoms with Gasteiger partial charge in [0.2, 0.25) is 17.7 Å². The fourth-order valence-corrected chi connectivity index (χ4v) is 6.51. The molecule has 10 heteroatoms. The van der Waals surface area contributed by atoms with Gasteiger partial charge in [-0.25, -0.2) is 4.39 Å². The van der Waals surface area contributed by atoms with Crippen LogP contribution in [-0.4, -0.2) is 47.0 Å². The number of hydrogen-bond donors (Lipinski definition) is 3. The van der Waals surface area contributed by atoms with Crippen LogP contribution in [0.5, 0.6) is 0 Å². The average molecular weight is 591 g/mol. The Labute approximate surface area is 251 Å². The molecule has 2 fully saturated rings. The number of benzene rings is 2. The molecule has 0 bridgehead atoms. The molecule has 5 rings (SSSR count). The van der Waals surface area contributed by atoms with E-state index in [1.807, 2.05) is 0 Å². The van der Waals surface area contributed by atoms with Gasteiger partial charge in [0, 0.05) is 25.4 Å². The zero-order valence-corrected chi connectivity index (χ0v) is 25.1. The smallest absolute Gasteiger partial charge is 0.262 e. The third-order valence-corrected chi connectivity index (χ3v) is 9.18. The normalized spacial score (nSPS) is 22.1. The lowest BCUT2D eigenvalue weighted by atomic mass is 9.81. The molecule has 3 N–H and O–H groups in total. The summed E-state index contributed by atoms with van der Waals surface area (Å²) >= 11 is 0. The number of nitrogens with one attached hydrogen (secondary N) is 3. The summed E-state index contributed by atoms with van der Waals surface area (Å²) in [4.78, 5) is 63.5. The minimum Gasteiger partial charge on any atom is -0.382 e. The summed E-state index contributed by atoms with van der Waals surface area (Å²) in [7, 11) is 0. The molecule has 1 aliphatic carbocycles. The predicted octanol–water partition coefficient (Wildman–Crippen LogP) is 4.50. The maximum Gasteiger partial charge on any atom is 0.262 e. The second kappa shape index (κ2) is 12.3. The van der Waals surface area contributed by atoms with Crippen molar-refractivity contribution in [1.82, 2.24) is 15.5 Å². The Morgan fingerprint density at radius 2 is 1.65 bits per heavy atom. The Balaban J connectivity index is 1.14. The lowest BCUT2D eigenvalue weighted by Gasteiger charge is -2.28. The van der Waals surface area contributed by atoms with Crippen LogP contribution < -0.4 is 16.0 Å². The number of aryl methyl sites for hydroxylation is 1. The van der Waals surface area contributed by atoms with Gasteiger partial charge in [0.05, 0.1) is 16.8 Å². The van der Waals surface area contributed by atoms with Crippen molar-refractivity contribution >= 4 is 35.2 Å². The van der Waals surface area contributed by atoms with Crippen LogP contribution in [-0.2, 0) is 20.9 Å².